The number of ether oxygens (including phenoxy) is 1. The van der Waals surface area contributed by atoms with Crippen LogP contribution in [-0.4, -0.2) is 10.9 Å². The second-order valence-corrected chi connectivity index (χ2v) is 4.88. The first-order valence-electron chi connectivity index (χ1n) is 6.15. The van der Waals surface area contributed by atoms with Crippen molar-refractivity contribution >= 4 is 23.2 Å². The first-order chi connectivity index (χ1) is 9.78. The number of aromatic nitrogens is 1. The SMILES string of the molecule is ClCCC#Cc1cncc(OCc2ccc(Cl)cc2)c1. The maximum Gasteiger partial charge on any atom is 0.139 e. The number of alkyl halides is 1. The Morgan fingerprint density at radius 2 is 1.95 bits per heavy atom. The van der Waals surface area contributed by atoms with Gasteiger partial charge >= 0.3 is 0 Å². The molecule has 2 nitrogen and oxygen atoms in total. The van der Waals surface area contributed by atoms with Crippen LogP contribution in [0.15, 0.2) is 42.7 Å². The molecule has 0 aliphatic heterocycles. The van der Waals surface area contributed by atoms with Gasteiger partial charge in [-0.25, -0.2) is 0 Å². The first kappa shape index (κ1) is 14.7. The average Bonchev–Trinajstić information content (AvgIpc) is 2.47. The largest absolute Gasteiger partial charge is 0.487 e. The van der Waals surface area contributed by atoms with E-state index in [-0.39, 0.29) is 0 Å². The molecule has 4 heteroatoms. The molecule has 1 heterocycles. The van der Waals surface area contributed by atoms with Crippen molar-refractivity contribution in [2.45, 2.75) is 13.0 Å². The van der Waals surface area contributed by atoms with E-state index < -0.39 is 0 Å². The smallest absolute Gasteiger partial charge is 0.139 e. The van der Waals surface area contributed by atoms with Gasteiger partial charge in [0.15, 0.2) is 0 Å². The standard InChI is InChI=1S/C16H13Cl2NO/c17-8-2-1-3-14-9-16(11-19-10-14)20-12-13-4-6-15(18)7-5-13/h4-7,9-11H,2,8,12H2. The van der Waals surface area contributed by atoms with Gasteiger partial charge in [-0.2, -0.15) is 0 Å². The third-order valence-electron chi connectivity index (χ3n) is 2.48. The average molecular weight is 306 g/mol. The van der Waals surface area contributed by atoms with Crippen LogP contribution in [0.3, 0.4) is 0 Å². The van der Waals surface area contributed by atoms with E-state index in [1.807, 2.05) is 30.3 Å². The normalized spacial score (nSPS) is 9.70. The predicted octanol–water partition coefficient (Wildman–Crippen LogP) is 4.29. The molecular formula is C16H13Cl2NO. The van der Waals surface area contributed by atoms with Gasteiger partial charge in [0.25, 0.3) is 0 Å². The van der Waals surface area contributed by atoms with E-state index in [1.54, 1.807) is 12.4 Å². The third kappa shape index (κ3) is 4.77. The molecule has 1 aromatic heterocycles. The summed E-state index contributed by atoms with van der Waals surface area (Å²) < 4.78 is 5.68. The lowest BCUT2D eigenvalue weighted by molar-refractivity contribution is 0.305. The van der Waals surface area contributed by atoms with E-state index in [0.717, 1.165) is 11.1 Å². The van der Waals surface area contributed by atoms with Crippen LogP contribution in [-0.2, 0) is 6.61 Å². The summed E-state index contributed by atoms with van der Waals surface area (Å²) in [5.74, 6) is 7.19. The molecule has 0 saturated heterocycles. The maximum absolute atomic E-state index is 5.83. The monoisotopic (exact) mass is 305 g/mol. The first-order valence-corrected chi connectivity index (χ1v) is 7.06. The van der Waals surface area contributed by atoms with Gasteiger partial charge in [-0.15, -0.1) is 11.6 Å². The van der Waals surface area contributed by atoms with Crippen molar-refractivity contribution in [1.29, 1.82) is 0 Å². The maximum atomic E-state index is 5.83. The van der Waals surface area contributed by atoms with Gasteiger partial charge in [0, 0.05) is 29.1 Å². The zero-order chi connectivity index (χ0) is 14.2. The summed E-state index contributed by atoms with van der Waals surface area (Å²) >= 11 is 11.4. The Labute approximate surface area is 128 Å². The molecule has 0 unspecified atom stereocenters. The van der Waals surface area contributed by atoms with Gasteiger partial charge in [0.05, 0.1) is 6.20 Å². The van der Waals surface area contributed by atoms with Crippen LogP contribution in [0, 0.1) is 11.8 Å². The molecule has 0 radical (unpaired) electrons. The fourth-order valence-corrected chi connectivity index (χ4v) is 1.75. The number of benzene rings is 1. The van der Waals surface area contributed by atoms with Crippen molar-refractivity contribution in [2.75, 3.05) is 5.88 Å². The van der Waals surface area contributed by atoms with E-state index in [4.69, 9.17) is 27.9 Å². The molecule has 0 fully saturated rings. The summed E-state index contributed by atoms with van der Waals surface area (Å²) in [5, 5.41) is 0.715. The summed E-state index contributed by atoms with van der Waals surface area (Å²) in [6, 6.07) is 9.41. The Bertz CT molecular complexity index is 614. The minimum absolute atomic E-state index is 0.470. The third-order valence-corrected chi connectivity index (χ3v) is 2.93. The fraction of sp³-hybridized carbons (Fsp3) is 0.188. The Hall–Kier alpha value is -1.69. The number of hydrogen-bond acceptors (Lipinski definition) is 2. The van der Waals surface area contributed by atoms with Crippen LogP contribution in [0.25, 0.3) is 0 Å². The molecule has 0 N–H and O–H groups in total. The summed E-state index contributed by atoms with van der Waals surface area (Å²) in [6.07, 6.45) is 4.04. The number of rotatable bonds is 4. The van der Waals surface area contributed by atoms with Crippen molar-refractivity contribution in [1.82, 2.24) is 4.98 Å². The van der Waals surface area contributed by atoms with Crippen molar-refractivity contribution in [3.63, 3.8) is 0 Å². The van der Waals surface area contributed by atoms with E-state index in [0.29, 0.717) is 29.7 Å². The summed E-state index contributed by atoms with van der Waals surface area (Å²) in [5.41, 5.74) is 1.87. The van der Waals surface area contributed by atoms with Gasteiger partial charge < -0.3 is 4.74 Å². The molecule has 1 aromatic carbocycles. The summed E-state index contributed by atoms with van der Waals surface area (Å²) in [4.78, 5) is 4.11. The molecule has 0 atom stereocenters. The Balaban J connectivity index is 1.98. The lowest BCUT2D eigenvalue weighted by atomic mass is 10.2. The van der Waals surface area contributed by atoms with Gasteiger partial charge in [-0.3, -0.25) is 4.98 Å². The minimum Gasteiger partial charge on any atom is -0.487 e. The summed E-state index contributed by atoms with van der Waals surface area (Å²) in [7, 11) is 0. The Kier molecular flexibility index (Phi) is 5.73. The van der Waals surface area contributed by atoms with Gasteiger partial charge in [0.1, 0.15) is 12.4 Å². The van der Waals surface area contributed by atoms with E-state index in [9.17, 15) is 0 Å². The van der Waals surface area contributed by atoms with Crippen LogP contribution in [0.4, 0.5) is 0 Å². The summed E-state index contributed by atoms with van der Waals surface area (Å²) in [6.45, 7) is 0.470. The molecule has 102 valence electrons. The molecule has 20 heavy (non-hydrogen) atoms. The second-order valence-electron chi connectivity index (χ2n) is 4.07. The molecule has 2 rings (SSSR count). The highest BCUT2D eigenvalue weighted by Gasteiger charge is 1.98. The Morgan fingerprint density at radius 3 is 2.70 bits per heavy atom. The number of halogens is 2. The number of hydrogen-bond donors (Lipinski definition) is 0. The second kappa shape index (κ2) is 7.79. The van der Waals surface area contributed by atoms with Crippen LogP contribution in [0.2, 0.25) is 5.02 Å². The van der Waals surface area contributed by atoms with Crippen molar-refractivity contribution in [2.24, 2.45) is 0 Å². The van der Waals surface area contributed by atoms with Crippen molar-refractivity contribution < 1.29 is 4.74 Å². The lowest BCUT2D eigenvalue weighted by Gasteiger charge is -2.06. The van der Waals surface area contributed by atoms with Gasteiger partial charge in [0.2, 0.25) is 0 Å². The van der Waals surface area contributed by atoms with Crippen molar-refractivity contribution in [3.8, 4) is 17.6 Å². The lowest BCUT2D eigenvalue weighted by Crippen LogP contribution is -1.96. The Morgan fingerprint density at radius 1 is 1.15 bits per heavy atom. The molecule has 0 aliphatic carbocycles. The zero-order valence-corrected chi connectivity index (χ0v) is 12.3. The molecular weight excluding hydrogens is 293 g/mol. The van der Waals surface area contributed by atoms with Crippen LogP contribution >= 0.6 is 23.2 Å². The highest BCUT2D eigenvalue weighted by molar-refractivity contribution is 6.30. The van der Waals surface area contributed by atoms with E-state index in [1.165, 1.54) is 0 Å². The minimum atomic E-state index is 0.470. The molecule has 0 aliphatic rings. The predicted molar refractivity (Wildman–Crippen MR) is 82.2 cm³/mol. The fourth-order valence-electron chi connectivity index (χ4n) is 1.53. The highest BCUT2D eigenvalue weighted by Crippen LogP contribution is 2.14. The molecule has 0 saturated carbocycles. The molecule has 2 aromatic rings. The van der Waals surface area contributed by atoms with Gasteiger partial charge in [-0.1, -0.05) is 35.6 Å². The van der Waals surface area contributed by atoms with E-state index in [2.05, 4.69) is 16.8 Å². The highest BCUT2D eigenvalue weighted by atomic mass is 35.5. The topological polar surface area (TPSA) is 22.1 Å². The quantitative estimate of drug-likeness (QED) is 0.621. The molecule has 0 bridgehead atoms. The molecule has 0 spiro atoms. The van der Waals surface area contributed by atoms with Crippen LogP contribution in [0.5, 0.6) is 5.75 Å². The molecule has 0 amide bonds. The van der Waals surface area contributed by atoms with Gasteiger partial charge in [-0.05, 0) is 23.8 Å². The number of nitrogens with zero attached hydrogens (tertiary/aromatic N) is 1. The van der Waals surface area contributed by atoms with Crippen molar-refractivity contribution in [3.05, 3.63) is 58.9 Å². The number of pyridine rings is 1. The zero-order valence-electron chi connectivity index (χ0n) is 10.8. The van der Waals surface area contributed by atoms with E-state index >= 15 is 0 Å². The van der Waals surface area contributed by atoms with Crippen LogP contribution < -0.4 is 4.74 Å². The van der Waals surface area contributed by atoms with Crippen LogP contribution in [0.1, 0.15) is 17.5 Å².